The lowest BCUT2D eigenvalue weighted by molar-refractivity contribution is 0.0592. The van der Waals surface area contributed by atoms with Crippen LogP contribution in [-0.2, 0) is 4.74 Å². The number of phenolic OH excluding ortho intramolecular Hbond substituents is 2. The van der Waals surface area contributed by atoms with Crippen molar-refractivity contribution in [2.75, 3.05) is 14.2 Å². The molecule has 0 fully saturated rings. The number of ether oxygens (including phenoxy) is 2. The van der Waals surface area contributed by atoms with Crippen LogP contribution in [0.15, 0.2) is 12.2 Å². The highest BCUT2D eigenvalue weighted by molar-refractivity contribution is 5.98. The SMILES string of the molecule is COC(=O)c1c(O)c2c(c(O)c1OC)C1C=CC2C1. The second kappa shape index (κ2) is 3.91. The number of methoxy groups -OCH3 is 2. The van der Waals surface area contributed by atoms with Gasteiger partial charge in [-0.2, -0.15) is 0 Å². The van der Waals surface area contributed by atoms with Gasteiger partial charge in [-0.05, 0) is 6.42 Å². The van der Waals surface area contributed by atoms with Crippen molar-refractivity contribution < 1.29 is 24.5 Å². The summed E-state index contributed by atoms with van der Waals surface area (Å²) in [6.07, 6.45) is 4.80. The monoisotopic (exact) mass is 262 g/mol. The van der Waals surface area contributed by atoms with E-state index in [-0.39, 0.29) is 34.6 Å². The van der Waals surface area contributed by atoms with Gasteiger partial charge in [-0.15, -0.1) is 0 Å². The van der Waals surface area contributed by atoms with Crippen molar-refractivity contribution in [2.24, 2.45) is 0 Å². The van der Waals surface area contributed by atoms with E-state index in [4.69, 9.17) is 4.74 Å². The number of rotatable bonds is 2. The highest BCUT2D eigenvalue weighted by atomic mass is 16.5. The maximum Gasteiger partial charge on any atom is 0.345 e. The molecule has 2 aliphatic rings. The van der Waals surface area contributed by atoms with Gasteiger partial charge in [-0.3, -0.25) is 0 Å². The number of esters is 1. The molecule has 0 heterocycles. The van der Waals surface area contributed by atoms with Crippen molar-refractivity contribution in [3.63, 3.8) is 0 Å². The Morgan fingerprint density at radius 3 is 2.26 bits per heavy atom. The number of hydrogen-bond acceptors (Lipinski definition) is 5. The van der Waals surface area contributed by atoms with Crippen LogP contribution in [0.3, 0.4) is 0 Å². The second-order valence-corrected chi connectivity index (χ2v) is 4.76. The van der Waals surface area contributed by atoms with Crippen LogP contribution in [0.2, 0.25) is 0 Å². The number of fused-ring (bicyclic) bond motifs is 5. The standard InChI is InChI=1S/C14H14O5/c1-18-13-10(14(17)19-2)11(15)8-6-3-4-7(5-6)9(8)12(13)16/h3-4,6-7,15-16H,5H2,1-2H3. The third kappa shape index (κ3) is 1.38. The highest BCUT2D eigenvalue weighted by Crippen LogP contribution is 2.58. The molecule has 2 N–H and O–H groups in total. The molecule has 0 aromatic heterocycles. The summed E-state index contributed by atoms with van der Waals surface area (Å²) < 4.78 is 9.72. The van der Waals surface area contributed by atoms with Crippen molar-refractivity contribution >= 4 is 5.97 Å². The number of phenols is 2. The van der Waals surface area contributed by atoms with Crippen LogP contribution < -0.4 is 4.74 Å². The van der Waals surface area contributed by atoms with Gasteiger partial charge < -0.3 is 19.7 Å². The summed E-state index contributed by atoms with van der Waals surface area (Å²) in [5, 5.41) is 20.6. The molecule has 2 bridgehead atoms. The lowest BCUT2D eigenvalue weighted by atomic mass is 9.91. The van der Waals surface area contributed by atoms with Crippen LogP contribution in [0.4, 0.5) is 0 Å². The van der Waals surface area contributed by atoms with Crippen LogP contribution >= 0.6 is 0 Å². The topological polar surface area (TPSA) is 76.0 Å². The third-order valence-electron chi connectivity index (χ3n) is 3.90. The second-order valence-electron chi connectivity index (χ2n) is 4.76. The fourth-order valence-electron chi connectivity index (χ4n) is 3.11. The minimum atomic E-state index is -0.723. The molecule has 2 unspecified atom stereocenters. The van der Waals surface area contributed by atoms with Gasteiger partial charge in [0.1, 0.15) is 11.3 Å². The zero-order chi connectivity index (χ0) is 13.7. The Morgan fingerprint density at radius 1 is 1.16 bits per heavy atom. The molecular weight excluding hydrogens is 248 g/mol. The Hall–Kier alpha value is -2.17. The number of allylic oxidation sites excluding steroid dienone is 2. The number of benzene rings is 1. The van der Waals surface area contributed by atoms with E-state index < -0.39 is 5.97 Å². The van der Waals surface area contributed by atoms with Crippen LogP contribution in [0.5, 0.6) is 17.2 Å². The van der Waals surface area contributed by atoms with Gasteiger partial charge in [0.2, 0.25) is 0 Å². The molecule has 2 atom stereocenters. The van der Waals surface area contributed by atoms with E-state index in [0.29, 0.717) is 11.1 Å². The molecule has 2 aliphatic carbocycles. The first-order chi connectivity index (χ1) is 9.10. The Kier molecular flexibility index (Phi) is 2.45. The summed E-state index contributed by atoms with van der Waals surface area (Å²) in [4.78, 5) is 11.8. The average molecular weight is 262 g/mol. The van der Waals surface area contributed by atoms with Crippen molar-refractivity contribution in [3.8, 4) is 17.2 Å². The number of aromatic hydroxyl groups is 2. The lowest BCUT2D eigenvalue weighted by Crippen LogP contribution is -2.08. The highest BCUT2D eigenvalue weighted by Gasteiger charge is 2.41. The number of carbonyl (C=O) groups is 1. The van der Waals surface area contributed by atoms with E-state index in [1.165, 1.54) is 14.2 Å². The van der Waals surface area contributed by atoms with E-state index in [0.717, 1.165) is 6.42 Å². The molecule has 0 aliphatic heterocycles. The molecule has 100 valence electrons. The van der Waals surface area contributed by atoms with Crippen LogP contribution in [-0.4, -0.2) is 30.4 Å². The maximum atomic E-state index is 11.8. The zero-order valence-corrected chi connectivity index (χ0v) is 10.6. The first kappa shape index (κ1) is 11.9. The van der Waals surface area contributed by atoms with Crippen molar-refractivity contribution in [3.05, 3.63) is 28.8 Å². The van der Waals surface area contributed by atoms with Gasteiger partial charge in [-0.1, -0.05) is 12.2 Å². The van der Waals surface area contributed by atoms with Crippen molar-refractivity contribution in [1.82, 2.24) is 0 Å². The molecular formula is C14H14O5. The summed E-state index contributed by atoms with van der Waals surface area (Å²) in [7, 11) is 2.56. The molecule has 5 nitrogen and oxygen atoms in total. The lowest BCUT2D eigenvalue weighted by Gasteiger charge is -2.19. The van der Waals surface area contributed by atoms with Crippen LogP contribution in [0.1, 0.15) is 39.7 Å². The van der Waals surface area contributed by atoms with E-state index in [1.54, 1.807) is 0 Å². The van der Waals surface area contributed by atoms with Gasteiger partial charge in [-0.25, -0.2) is 4.79 Å². The van der Waals surface area contributed by atoms with E-state index in [9.17, 15) is 15.0 Å². The summed E-state index contributed by atoms with van der Waals surface area (Å²) >= 11 is 0. The number of hydrogen-bond donors (Lipinski definition) is 2. The molecule has 0 saturated heterocycles. The molecule has 0 spiro atoms. The molecule has 19 heavy (non-hydrogen) atoms. The Balaban J connectivity index is 2.32. The predicted molar refractivity (Wildman–Crippen MR) is 66.9 cm³/mol. The molecule has 3 rings (SSSR count). The first-order valence-electron chi connectivity index (χ1n) is 6.02. The van der Waals surface area contributed by atoms with E-state index in [2.05, 4.69) is 4.74 Å². The zero-order valence-electron chi connectivity index (χ0n) is 10.6. The Labute approximate surface area is 110 Å². The quantitative estimate of drug-likeness (QED) is 0.484. The molecule has 0 radical (unpaired) electrons. The molecule has 0 saturated carbocycles. The summed E-state index contributed by atoms with van der Waals surface area (Å²) in [6, 6.07) is 0. The largest absolute Gasteiger partial charge is 0.507 e. The summed E-state index contributed by atoms with van der Waals surface area (Å²) in [5.41, 5.74) is 1.17. The van der Waals surface area contributed by atoms with Gasteiger partial charge in [0.05, 0.1) is 14.2 Å². The Bertz CT molecular complexity index is 603. The molecule has 5 heteroatoms. The van der Waals surface area contributed by atoms with Gasteiger partial charge in [0, 0.05) is 23.0 Å². The van der Waals surface area contributed by atoms with Gasteiger partial charge >= 0.3 is 5.97 Å². The predicted octanol–water partition coefficient (Wildman–Crippen LogP) is 2.03. The summed E-state index contributed by atoms with van der Waals surface area (Å²) in [6.45, 7) is 0. The fourth-order valence-corrected chi connectivity index (χ4v) is 3.11. The number of carbonyl (C=O) groups excluding carboxylic acids is 1. The van der Waals surface area contributed by atoms with Crippen molar-refractivity contribution in [1.29, 1.82) is 0 Å². The normalized spacial score (nSPS) is 22.4. The smallest absolute Gasteiger partial charge is 0.345 e. The van der Waals surface area contributed by atoms with E-state index >= 15 is 0 Å². The van der Waals surface area contributed by atoms with Gasteiger partial charge in [0.25, 0.3) is 0 Å². The molecule has 1 aromatic carbocycles. The average Bonchev–Trinajstić information content (AvgIpc) is 3.02. The first-order valence-corrected chi connectivity index (χ1v) is 6.02. The molecule has 0 amide bonds. The molecule has 1 aromatic rings. The third-order valence-corrected chi connectivity index (χ3v) is 3.90. The van der Waals surface area contributed by atoms with Crippen LogP contribution in [0.25, 0.3) is 0 Å². The van der Waals surface area contributed by atoms with Gasteiger partial charge in [0.15, 0.2) is 11.5 Å². The Morgan fingerprint density at radius 2 is 1.74 bits per heavy atom. The van der Waals surface area contributed by atoms with Crippen LogP contribution in [0, 0.1) is 0 Å². The minimum absolute atomic E-state index is 0.0240. The fraction of sp³-hybridized carbons (Fsp3) is 0.357. The maximum absolute atomic E-state index is 11.8. The summed E-state index contributed by atoms with van der Waals surface area (Å²) in [5.74, 6) is -0.851. The van der Waals surface area contributed by atoms with E-state index in [1.807, 2.05) is 12.2 Å². The van der Waals surface area contributed by atoms with Crippen molar-refractivity contribution in [2.45, 2.75) is 18.3 Å². The minimum Gasteiger partial charge on any atom is -0.507 e.